The third-order valence-electron chi connectivity index (χ3n) is 4.05. The van der Waals surface area contributed by atoms with Gasteiger partial charge in [0.2, 0.25) is 10.0 Å². The minimum Gasteiger partial charge on any atom is -0.481 e. The molecule has 0 radical (unpaired) electrons. The van der Waals surface area contributed by atoms with Crippen LogP contribution in [0.4, 0.5) is 0 Å². The molecular formula is C15H21NO4S. The van der Waals surface area contributed by atoms with Crippen molar-refractivity contribution in [3.05, 3.63) is 29.8 Å². The molecule has 1 aromatic rings. The zero-order valence-corrected chi connectivity index (χ0v) is 13.0. The number of carboxylic acid groups (broad SMARTS) is 1. The van der Waals surface area contributed by atoms with Crippen molar-refractivity contribution in [2.45, 2.75) is 37.5 Å². The van der Waals surface area contributed by atoms with Gasteiger partial charge in [-0.3, -0.25) is 4.79 Å². The Morgan fingerprint density at radius 1 is 1.29 bits per heavy atom. The molecule has 1 N–H and O–H groups in total. The standard InChI is InChI=1S/C15H21NO4S/c1-12-4-2-3-5-14(12)21(19,20)16-10-8-13(9-11-16)6-7-15(17)18/h2-5,13H,6-11H2,1H3,(H,17,18). The van der Waals surface area contributed by atoms with Crippen molar-refractivity contribution in [3.63, 3.8) is 0 Å². The van der Waals surface area contributed by atoms with Crippen LogP contribution in [-0.4, -0.2) is 36.9 Å². The summed E-state index contributed by atoms with van der Waals surface area (Å²) in [5.74, 6) is -0.477. The summed E-state index contributed by atoms with van der Waals surface area (Å²) >= 11 is 0. The lowest BCUT2D eigenvalue weighted by Crippen LogP contribution is -2.38. The normalized spacial score (nSPS) is 17.8. The van der Waals surface area contributed by atoms with Gasteiger partial charge in [-0.05, 0) is 43.7 Å². The summed E-state index contributed by atoms with van der Waals surface area (Å²) in [4.78, 5) is 11.0. The molecule has 1 heterocycles. The highest BCUT2D eigenvalue weighted by Gasteiger charge is 2.30. The van der Waals surface area contributed by atoms with Crippen molar-refractivity contribution in [2.24, 2.45) is 5.92 Å². The van der Waals surface area contributed by atoms with Crippen LogP contribution in [-0.2, 0) is 14.8 Å². The highest BCUT2D eigenvalue weighted by molar-refractivity contribution is 7.89. The number of carboxylic acids is 1. The summed E-state index contributed by atoms with van der Waals surface area (Å²) < 4.78 is 26.7. The Kier molecular flexibility index (Phi) is 5.00. The molecule has 1 aliphatic heterocycles. The van der Waals surface area contributed by atoms with Gasteiger partial charge < -0.3 is 5.11 Å². The lowest BCUT2D eigenvalue weighted by Gasteiger charge is -2.31. The number of nitrogens with zero attached hydrogens (tertiary/aromatic N) is 1. The number of carbonyl (C=O) groups is 1. The van der Waals surface area contributed by atoms with Gasteiger partial charge in [-0.25, -0.2) is 8.42 Å². The quantitative estimate of drug-likeness (QED) is 0.905. The van der Waals surface area contributed by atoms with Crippen LogP contribution in [0.3, 0.4) is 0 Å². The summed E-state index contributed by atoms with van der Waals surface area (Å²) in [5, 5.41) is 8.70. The Morgan fingerprint density at radius 3 is 2.48 bits per heavy atom. The zero-order chi connectivity index (χ0) is 15.5. The average molecular weight is 311 g/mol. The summed E-state index contributed by atoms with van der Waals surface area (Å²) in [6.45, 7) is 2.74. The highest BCUT2D eigenvalue weighted by Crippen LogP contribution is 2.27. The molecule has 0 unspecified atom stereocenters. The van der Waals surface area contributed by atoms with Crippen LogP contribution in [0.2, 0.25) is 0 Å². The van der Waals surface area contributed by atoms with E-state index in [1.165, 1.54) is 4.31 Å². The van der Waals surface area contributed by atoms with Crippen molar-refractivity contribution in [3.8, 4) is 0 Å². The number of hydrogen-bond donors (Lipinski definition) is 1. The first-order valence-corrected chi connectivity index (χ1v) is 8.63. The molecule has 0 spiro atoms. The largest absolute Gasteiger partial charge is 0.481 e. The van der Waals surface area contributed by atoms with Gasteiger partial charge in [0.15, 0.2) is 0 Å². The maximum absolute atomic E-state index is 12.6. The number of rotatable bonds is 5. The van der Waals surface area contributed by atoms with Crippen LogP contribution in [0, 0.1) is 12.8 Å². The molecule has 1 saturated heterocycles. The van der Waals surface area contributed by atoms with Gasteiger partial charge in [0.1, 0.15) is 0 Å². The third kappa shape index (κ3) is 3.83. The Hall–Kier alpha value is -1.40. The van der Waals surface area contributed by atoms with Gasteiger partial charge in [0, 0.05) is 19.5 Å². The minimum absolute atomic E-state index is 0.162. The second-order valence-electron chi connectivity index (χ2n) is 5.55. The van der Waals surface area contributed by atoms with Gasteiger partial charge in [0.25, 0.3) is 0 Å². The molecule has 5 nitrogen and oxygen atoms in total. The number of benzene rings is 1. The van der Waals surface area contributed by atoms with Crippen LogP contribution < -0.4 is 0 Å². The summed E-state index contributed by atoms with van der Waals surface area (Å²) in [5.41, 5.74) is 0.755. The van der Waals surface area contributed by atoms with E-state index in [2.05, 4.69) is 0 Å². The molecular weight excluding hydrogens is 290 g/mol. The smallest absolute Gasteiger partial charge is 0.303 e. The van der Waals surface area contributed by atoms with Crippen molar-refractivity contribution >= 4 is 16.0 Å². The second kappa shape index (κ2) is 6.58. The molecule has 6 heteroatoms. The molecule has 2 rings (SSSR count). The van der Waals surface area contributed by atoms with Crippen LogP contribution in [0.15, 0.2) is 29.2 Å². The predicted octanol–water partition coefficient (Wildman–Crippen LogP) is 2.26. The van der Waals surface area contributed by atoms with Gasteiger partial charge in [-0.2, -0.15) is 4.31 Å². The van der Waals surface area contributed by atoms with E-state index in [4.69, 9.17) is 5.11 Å². The first-order valence-electron chi connectivity index (χ1n) is 7.19. The molecule has 0 bridgehead atoms. The first kappa shape index (κ1) is 16.0. The molecule has 1 fully saturated rings. The number of piperidine rings is 1. The van der Waals surface area contributed by atoms with E-state index in [-0.39, 0.29) is 6.42 Å². The maximum atomic E-state index is 12.6. The highest BCUT2D eigenvalue weighted by atomic mass is 32.2. The van der Waals surface area contributed by atoms with Crippen LogP contribution in [0.25, 0.3) is 0 Å². The maximum Gasteiger partial charge on any atom is 0.303 e. The topological polar surface area (TPSA) is 74.7 Å². The fraction of sp³-hybridized carbons (Fsp3) is 0.533. The summed E-state index contributed by atoms with van der Waals surface area (Å²) in [6, 6.07) is 7.00. The fourth-order valence-corrected chi connectivity index (χ4v) is 4.45. The van der Waals surface area contributed by atoms with E-state index in [0.29, 0.717) is 30.3 Å². The lowest BCUT2D eigenvalue weighted by atomic mass is 9.93. The predicted molar refractivity (Wildman–Crippen MR) is 79.5 cm³/mol. The number of aliphatic carboxylic acids is 1. The van der Waals surface area contributed by atoms with E-state index in [0.717, 1.165) is 18.4 Å². The van der Waals surface area contributed by atoms with Gasteiger partial charge in [-0.1, -0.05) is 18.2 Å². The fourth-order valence-electron chi connectivity index (χ4n) is 2.75. The van der Waals surface area contributed by atoms with E-state index in [9.17, 15) is 13.2 Å². The Balaban J connectivity index is 2.01. The SMILES string of the molecule is Cc1ccccc1S(=O)(=O)N1CCC(CCC(=O)O)CC1. The molecule has 0 amide bonds. The molecule has 116 valence electrons. The van der Waals surface area contributed by atoms with Crippen LogP contribution in [0.5, 0.6) is 0 Å². The van der Waals surface area contributed by atoms with Crippen molar-refractivity contribution in [1.82, 2.24) is 4.31 Å². The van der Waals surface area contributed by atoms with E-state index >= 15 is 0 Å². The van der Waals surface area contributed by atoms with E-state index in [1.54, 1.807) is 25.1 Å². The van der Waals surface area contributed by atoms with Crippen molar-refractivity contribution in [1.29, 1.82) is 0 Å². The zero-order valence-electron chi connectivity index (χ0n) is 12.2. The van der Waals surface area contributed by atoms with Crippen molar-refractivity contribution < 1.29 is 18.3 Å². The first-order chi connectivity index (χ1) is 9.91. The van der Waals surface area contributed by atoms with Crippen LogP contribution >= 0.6 is 0 Å². The van der Waals surface area contributed by atoms with Crippen molar-refractivity contribution in [2.75, 3.05) is 13.1 Å². The molecule has 0 saturated carbocycles. The Bertz CT molecular complexity index is 604. The van der Waals surface area contributed by atoms with Crippen LogP contribution in [0.1, 0.15) is 31.2 Å². The number of hydrogen-bond acceptors (Lipinski definition) is 3. The molecule has 0 aromatic heterocycles. The number of aryl methyl sites for hydroxylation is 1. The second-order valence-corrected chi connectivity index (χ2v) is 7.45. The van der Waals surface area contributed by atoms with E-state index in [1.807, 2.05) is 6.07 Å². The monoisotopic (exact) mass is 311 g/mol. The number of sulfonamides is 1. The Labute approximate surface area is 125 Å². The Morgan fingerprint density at radius 2 is 1.90 bits per heavy atom. The molecule has 0 atom stereocenters. The summed E-state index contributed by atoms with van der Waals surface area (Å²) in [7, 11) is -3.43. The van der Waals surface area contributed by atoms with Gasteiger partial charge in [0.05, 0.1) is 4.90 Å². The molecule has 1 aromatic carbocycles. The van der Waals surface area contributed by atoms with Gasteiger partial charge >= 0.3 is 5.97 Å². The molecule has 21 heavy (non-hydrogen) atoms. The molecule has 0 aliphatic carbocycles. The van der Waals surface area contributed by atoms with E-state index < -0.39 is 16.0 Å². The minimum atomic E-state index is -3.43. The lowest BCUT2D eigenvalue weighted by molar-refractivity contribution is -0.137. The third-order valence-corrected chi connectivity index (χ3v) is 6.11. The summed E-state index contributed by atoms with van der Waals surface area (Å²) in [6.07, 6.45) is 2.26. The average Bonchev–Trinajstić information content (AvgIpc) is 2.46. The van der Waals surface area contributed by atoms with Gasteiger partial charge in [-0.15, -0.1) is 0 Å². The molecule has 1 aliphatic rings.